The summed E-state index contributed by atoms with van der Waals surface area (Å²) in [7, 11) is -3.89. The van der Waals surface area contributed by atoms with E-state index in [1.165, 1.54) is 12.1 Å². The van der Waals surface area contributed by atoms with E-state index in [1.807, 2.05) is 6.92 Å². The summed E-state index contributed by atoms with van der Waals surface area (Å²) in [5, 5.41) is 3.39. The van der Waals surface area contributed by atoms with E-state index < -0.39 is 21.4 Å². The highest BCUT2D eigenvalue weighted by Crippen LogP contribution is 2.36. The zero-order valence-corrected chi connectivity index (χ0v) is 13.3. The van der Waals surface area contributed by atoms with E-state index in [9.17, 15) is 12.8 Å². The number of nitrogens with one attached hydrogen (secondary N) is 2. The zero-order chi connectivity index (χ0) is 15.3. The van der Waals surface area contributed by atoms with Gasteiger partial charge in [0.1, 0.15) is 10.7 Å². The average Bonchev–Trinajstić information content (AvgIpc) is 3.28. The molecule has 0 aromatic heterocycles. The molecule has 1 aromatic rings. The van der Waals surface area contributed by atoms with Gasteiger partial charge in [-0.1, -0.05) is 11.6 Å². The molecule has 1 aromatic carbocycles. The second-order valence-electron chi connectivity index (χ2n) is 6.20. The molecule has 2 aliphatic rings. The Morgan fingerprint density at radius 1 is 1.38 bits per heavy atom. The van der Waals surface area contributed by atoms with Gasteiger partial charge >= 0.3 is 0 Å². The molecule has 2 fully saturated rings. The van der Waals surface area contributed by atoms with Crippen molar-refractivity contribution in [2.24, 2.45) is 0 Å². The molecule has 0 heterocycles. The molecule has 0 unspecified atom stereocenters. The van der Waals surface area contributed by atoms with Gasteiger partial charge in [-0.05, 0) is 44.7 Å². The van der Waals surface area contributed by atoms with Crippen LogP contribution in [0.25, 0.3) is 0 Å². The first-order valence-corrected chi connectivity index (χ1v) is 8.90. The Morgan fingerprint density at radius 2 is 2.05 bits per heavy atom. The molecule has 0 bridgehead atoms. The van der Waals surface area contributed by atoms with Crippen molar-refractivity contribution >= 4 is 21.6 Å². The number of hydrogen-bond donors (Lipinski definition) is 2. The van der Waals surface area contributed by atoms with Crippen molar-refractivity contribution < 1.29 is 12.8 Å². The minimum absolute atomic E-state index is 0.227. The first kappa shape index (κ1) is 15.2. The van der Waals surface area contributed by atoms with Crippen LogP contribution in [-0.4, -0.2) is 20.0 Å². The number of sulfonamides is 1. The van der Waals surface area contributed by atoms with E-state index >= 15 is 0 Å². The van der Waals surface area contributed by atoms with Gasteiger partial charge in [0.2, 0.25) is 10.0 Å². The van der Waals surface area contributed by atoms with Gasteiger partial charge in [-0.25, -0.2) is 17.5 Å². The number of benzene rings is 1. The second kappa shape index (κ2) is 5.19. The summed E-state index contributed by atoms with van der Waals surface area (Å²) in [5.74, 6) is -0.718. The van der Waals surface area contributed by atoms with E-state index in [4.69, 9.17) is 11.6 Å². The molecule has 116 valence electrons. The summed E-state index contributed by atoms with van der Waals surface area (Å²) in [6.45, 7) is 2.10. The van der Waals surface area contributed by atoms with Crippen LogP contribution >= 0.6 is 11.6 Å². The van der Waals surface area contributed by atoms with Gasteiger partial charge in [-0.15, -0.1) is 0 Å². The smallest absolute Gasteiger partial charge is 0.244 e. The van der Waals surface area contributed by atoms with Crippen LogP contribution < -0.4 is 10.0 Å². The maximum absolute atomic E-state index is 14.5. The second-order valence-corrected chi connectivity index (χ2v) is 8.29. The fourth-order valence-electron chi connectivity index (χ4n) is 2.15. The van der Waals surface area contributed by atoms with Crippen molar-refractivity contribution in [2.45, 2.75) is 55.6 Å². The van der Waals surface area contributed by atoms with Gasteiger partial charge in [-0.3, -0.25) is 0 Å². The Morgan fingerprint density at radius 3 is 2.62 bits per heavy atom. The van der Waals surface area contributed by atoms with E-state index in [0.717, 1.165) is 25.7 Å². The van der Waals surface area contributed by atoms with Crippen molar-refractivity contribution in [1.29, 1.82) is 0 Å². The van der Waals surface area contributed by atoms with Gasteiger partial charge in [0.05, 0.1) is 0 Å². The van der Waals surface area contributed by atoms with Gasteiger partial charge in [0, 0.05) is 28.7 Å². The van der Waals surface area contributed by atoms with Crippen LogP contribution in [0.3, 0.4) is 0 Å². The molecule has 0 saturated heterocycles. The van der Waals surface area contributed by atoms with Crippen LogP contribution in [-0.2, 0) is 16.6 Å². The lowest BCUT2D eigenvalue weighted by molar-refractivity contribution is 0.530. The third kappa shape index (κ3) is 3.56. The van der Waals surface area contributed by atoms with Crippen LogP contribution in [0.1, 0.15) is 38.2 Å². The quantitative estimate of drug-likeness (QED) is 0.841. The predicted octanol–water partition coefficient (Wildman–Crippen LogP) is 2.56. The standard InChI is InChI=1S/C14H18ClFN2O2S/c1-14(4-5-14)18-21(19,20)12-7-10(15)6-9(13(12)16)8-17-11-2-3-11/h6-7,11,17-18H,2-5,8H2,1H3. The molecule has 2 N–H and O–H groups in total. The highest BCUT2D eigenvalue weighted by atomic mass is 35.5. The van der Waals surface area contributed by atoms with Crippen molar-refractivity contribution in [3.05, 3.63) is 28.5 Å². The minimum Gasteiger partial charge on any atom is -0.310 e. The van der Waals surface area contributed by atoms with Gasteiger partial charge in [-0.2, -0.15) is 0 Å². The largest absolute Gasteiger partial charge is 0.310 e. The maximum Gasteiger partial charge on any atom is 0.244 e. The van der Waals surface area contributed by atoms with Crippen molar-refractivity contribution in [1.82, 2.24) is 10.0 Å². The summed E-state index contributed by atoms with van der Waals surface area (Å²) >= 11 is 5.96. The van der Waals surface area contributed by atoms with Gasteiger partial charge in [0.25, 0.3) is 0 Å². The molecule has 4 nitrogen and oxygen atoms in total. The van der Waals surface area contributed by atoms with Crippen LogP contribution in [0.4, 0.5) is 4.39 Å². The summed E-state index contributed by atoms with van der Waals surface area (Å²) in [6.07, 6.45) is 3.69. The fourth-order valence-corrected chi connectivity index (χ4v) is 4.07. The molecule has 3 rings (SSSR count). The number of hydrogen-bond acceptors (Lipinski definition) is 3. The molecular weight excluding hydrogens is 315 g/mol. The Bertz CT molecular complexity index is 670. The van der Waals surface area contributed by atoms with Gasteiger partial charge < -0.3 is 5.32 Å². The van der Waals surface area contributed by atoms with E-state index in [0.29, 0.717) is 6.04 Å². The molecule has 7 heteroatoms. The Balaban J connectivity index is 1.89. The van der Waals surface area contributed by atoms with Crippen molar-refractivity contribution in [3.63, 3.8) is 0 Å². The summed E-state index contributed by atoms with van der Waals surface area (Å²) in [5.41, 5.74) is -0.157. The van der Waals surface area contributed by atoms with E-state index in [1.54, 1.807) is 0 Å². The monoisotopic (exact) mass is 332 g/mol. The van der Waals surface area contributed by atoms with E-state index in [-0.39, 0.29) is 22.0 Å². The zero-order valence-electron chi connectivity index (χ0n) is 11.7. The summed E-state index contributed by atoms with van der Waals surface area (Å²) in [4.78, 5) is -0.365. The van der Waals surface area contributed by atoms with Crippen molar-refractivity contribution in [3.8, 4) is 0 Å². The molecular formula is C14H18ClFN2O2S. The van der Waals surface area contributed by atoms with Gasteiger partial charge in [0.15, 0.2) is 0 Å². The fraction of sp³-hybridized carbons (Fsp3) is 0.571. The highest BCUT2D eigenvalue weighted by molar-refractivity contribution is 7.89. The third-order valence-corrected chi connectivity index (χ3v) is 5.76. The van der Waals surface area contributed by atoms with Crippen LogP contribution in [0.5, 0.6) is 0 Å². The molecule has 2 saturated carbocycles. The maximum atomic E-state index is 14.5. The predicted molar refractivity (Wildman–Crippen MR) is 79.2 cm³/mol. The van der Waals surface area contributed by atoms with Crippen LogP contribution in [0.2, 0.25) is 5.02 Å². The summed E-state index contributed by atoms with van der Waals surface area (Å²) < 4.78 is 41.7. The summed E-state index contributed by atoms with van der Waals surface area (Å²) in [6, 6.07) is 3.06. The average molecular weight is 333 g/mol. The highest BCUT2D eigenvalue weighted by Gasteiger charge is 2.42. The normalized spacial score (nSPS) is 20.5. The first-order valence-electron chi connectivity index (χ1n) is 7.04. The first-order chi connectivity index (χ1) is 9.79. The van der Waals surface area contributed by atoms with E-state index in [2.05, 4.69) is 10.0 Å². The van der Waals surface area contributed by atoms with Crippen LogP contribution in [0, 0.1) is 5.82 Å². The molecule has 0 amide bonds. The lowest BCUT2D eigenvalue weighted by atomic mass is 10.2. The molecule has 21 heavy (non-hydrogen) atoms. The van der Waals surface area contributed by atoms with Crippen LogP contribution in [0.15, 0.2) is 17.0 Å². The Labute approximate surface area is 129 Å². The topological polar surface area (TPSA) is 58.2 Å². The number of rotatable bonds is 6. The molecule has 0 radical (unpaired) electrons. The number of halogens is 2. The van der Waals surface area contributed by atoms with Crippen molar-refractivity contribution in [2.75, 3.05) is 0 Å². The third-order valence-electron chi connectivity index (χ3n) is 3.91. The SMILES string of the molecule is CC1(NS(=O)(=O)c2cc(Cl)cc(CNC3CC3)c2F)CC1. The molecule has 0 aliphatic heterocycles. The lowest BCUT2D eigenvalue weighted by Gasteiger charge is -2.15. The molecule has 2 aliphatic carbocycles. The minimum atomic E-state index is -3.89. The lowest BCUT2D eigenvalue weighted by Crippen LogP contribution is -2.35. The molecule has 0 spiro atoms. The Hall–Kier alpha value is -0.690. The Kier molecular flexibility index (Phi) is 3.76. The molecule has 0 atom stereocenters.